The number of allylic oxidation sites excluding steroid dienone is 2. The lowest BCUT2D eigenvalue weighted by Gasteiger charge is -2.20. The van der Waals surface area contributed by atoms with E-state index in [1.54, 1.807) is 6.07 Å². The highest BCUT2D eigenvalue weighted by Gasteiger charge is 2.32. The monoisotopic (exact) mass is 449 g/mol. The first-order valence-electron chi connectivity index (χ1n) is 12.9. The number of aliphatic imine (C=N–C) groups is 1. The molecule has 2 aliphatic heterocycles. The van der Waals surface area contributed by atoms with Gasteiger partial charge in [0.25, 0.3) is 0 Å². The van der Waals surface area contributed by atoms with Crippen molar-refractivity contribution in [3.8, 4) is 11.5 Å². The average Bonchev–Trinajstić information content (AvgIpc) is 3.60. The molecular formula is C29H39NO3. The maximum Gasteiger partial charge on any atom is 0.176 e. The molecule has 1 aromatic rings. The Balaban J connectivity index is 1.21. The molecule has 0 bridgehead atoms. The minimum atomic E-state index is 0.189. The Morgan fingerprint density at radius 1 is 1.27 bits per heavy atom. The molecule has 2 atom stereocenters. The molecule has 1 fully saturated rings. The molecule has 0 saturated heterocycles. The lowest BCUT2D eigenvalue weighted by Crippen LogP contribution is -2.10. The number of hydrogen-bond acceptors (Lipinski definition) is 4. The van der Waals surface area contributed by atoms with Crippen molar-refractivity contribution in [1.29, 1.82) is 0 Å². The maximum absolute atomic E-state index is 10.2. The molecule has 2 unspecified atom stereocenters. The first-order valence-corrected chi connectivity index (χ1v) is 12.9. The third kappa shape index (κ3) is 6.52. The third-order valence-electron chi connectivity index (χ3n) is 7.29. The van der Waals surface area contributed by atoms with Crippen LogP contribution in [0.25, 0.3) is 0 Å². The minimum Gasteiger partial charge on any atom is -0.592 e. The summed E-state index contributed by atoms with van der Waals surface area (Å²) in [6.07, 6.45) is 20.2. The number of aryl methyl sites for hydroxylation is 1. The molecule has 1 N–H and O–H groups in total. The molecule has 33 heavy (non-hydrogen) atoms. The second-order valence-corrected chi connectivity index (χ2v) is 9.75. The van der Waals surface area contributed by atoms with E-state index in [0.29, 0.717) is 18.3 Å². The number of ether oxygens (including phenoxy) is 2. The fraction of sp³-hybridized carbons (Fsp3) is 0.552. The first kappa shape index (κ1) is 23.7. The molecule has 0 spiro atoms. The highest BCUT2D eigenvalue weighted by molar-refractivity contribution is 5.83. The molecule has 178 valence electrons. The molecule has 0 radical (unpaired) electrons. The zero-order chi connectivity index (χ0) is 23.0. The second-order valence-electron chi connectivity index (χ2n) is 9.75. The Morgan fingerprint density at radius 2 is 2.12 bits per heavy atom. The quantitative estimate of drug-likeness (QED) is 0.345. The molecule has 4 rings (SSSR count). The highest BCUT2D eigenvalue weighted by Crippen LogP contribution is 2.37. The Labute approximate surface area is 199 Å². The Kier molecular flexibility index (Phi) is 8.30. The van der Waals surface area contributed by atoms with Crippen molar-refractivity contribution in [3.05, 3.63) is 59.7 Å². The van der Waals surface area contributed by atoms with Gasteiger partial charge in [-0.3, -0.25) is 0 Å². The van der Waals surface area contributed by atoms with Crippen molar-refractivity contribution >= 4 is 6.21 Å². The van der Waals surface area contributed by atoms with Crippen LogP contribution >= 0.6 is 0 Å². The van der Waals surface area contributed by atoms with Crippen LogP contribution in [0.5, 0.6) is 11.5 Å². The van der Waals surface area contributed by atoms with E-state index in [9.17, 15) is 5.11 Å². The van der Waals surface area contributed by atoms with Crippen LogP contribution in [0.4, 0.5) is 0 Å². The summed E-state index contributed by atoms with van der Waals surface area (Å²) in [5, 5.41) is 10.2. The van der Waals surface area contributed by atoms with E-state index in [1.807, 2.05) is 18.3 Å². The van der Waals surface area contributed by atoms with Gasteiger partial charge in [0.1, 0.15) is 12.2 Å². The first-order chi connectivity index (χ1) is 16.1. The van der Waals surface area contributed by atoms with Gasteiger partial charge in [-0.2, -0.15) is 12.5 Å². The SMILES string of the molecule is CCCCC1[CH-]C=C(CCc2ccc(O)c(OCC[C+]3C=C(C(C)C4CCCC4)C=N3)c2)O1. The zero-order valence-electron chi connectivity index (χ0n) is 20.3. The van der Waals surface area contributed by atoms with Crippen LogP contribution in [0, 0.1) is 24.3 Å². The Morgan fingerprint density at radius 3 is 2.94 bits per heavy atom. The lowest BCUT2D eigenvalue weighted by molar-refractivity contribution is 0.147. The van der Waals surface area contributed by atoms with Gasteiger partial charge in [0.2, 0.25) is 0 Å². The van der Waals surface area contributed by atoms with Crippen molar-refractivity contribution in [2.75, 3.05) is 6.61 Å². The number of hydrogen-bond donors (Lipinski definition) is 1. The number of benzene rings is 1. The highest BCUT2D eigenvalue weighted by atomic mass is 16.5. The van der Waals surface area contributed by atoms with Crippen molar-refractivity contribution in [2.45, 2.75) is 84.2 Å². The third-order valence-corrected chi connectivity index (χ3v) is 7.29. The molecule has 1 aliphatic carbocycles. The summed E-state index contributed by atoms with van der Waals surface area (Å²) in [5.74, 6) is 3.19. The largest absolute Gasteiger partial charge is 0.592 e. The Hall–Kier alpha value is -2.49. The molecule has 3 aliphatic rings. The van der Waals surface area contributed by atoms with E-state index in [0.717, 1.165) is 49.0 Å². The summed E-state index contributed by atoms with van der Waals surface area (Å²) in [5.41, 5.74) is 2.50. The fourth-order valence-corrected chi connectivity index (χ4v) is 5.09. The van der Waals surface area contributed by atoms with Crippen LogP contribution in [-0.4, -0.2) is 24.0 Å². The van der Waals surface area contributed by atoms with E-state index in [-0.39, 0.29) is 11.9 Å². The average molecular weight is 450 g/mol. The number of unbranched alkanes of at least 4 members (excludes halogenated alkanes) is 1. The van der Waals surface area contributed by atoms with Crippen LogP contribution in [0.2, 0.25) is 0 Å². The van der Waals surface area contributed by atoms with Crippen molar-refractivity contribution in [1.82, 2.24) is 0 Å². The van der Waals surface area contributed by atoms with Gasteiger partial charge in [-0.25, -0.2) is 0 Å². The van der Waals surface area contributed by atoms with Crippen LogP contribution in [0.3, 0.4) is 0 Å². The number of nitrogens with zero attached hydrogens (tertiary/aromatic N) is 1. The molecular weight excluding hydrogens is 410 g/mol. The van der Waals surface area contributed by atoms with Crippen LogP contribution < -0.4 is 4.74 Å². The van der Waals surface area contributed by atoms with E-state index in [1.165, 1.54) is 44.1 Å². The van der Waals surface area contributed by atoms with Gasteiger partial charge in [0, 0.05) is 12.0 Å². The van der Waals surface area contributed by atoms with E-state index in [2.05, 4.69) is 37.4 Å². The van der Waals surface area contributed by atoms with E-state index in [4.69, 9.17) is 9.47 Å². The molecule has 1 aromatic carbocycles. The molecule has 1 saturated carbocycles. The fourth-order valence-electron chi connectivity index (χ4n) is 5.09. The van der Waals surface area contributed by atoms with Crippen molar-refractivity contribution < 1.29 is 14.6 Å². The molecule has 0 amide bonds. The van der Waals surface area contributed by atoms with E-state index >= 15 is 0 Å². The molecule has 4 heteroatoms. The summed E-state index contributed by atoms with van der Waals surface area (Å²) < 4.78 is 12.0. The molecule has 2 heterocycles. The van der Waals surface area contributed by atoms with Gasteiger partial charge in [-0.1, -0.05) is 50.9 Å². The number of rotatable bonds is 12. The number of aromatic hydroxyl groups is 1. The van der Waals surface area contributed by atoms with Gasteiger partial charge in [0.05, 0.1) is 12.5 Å². The summed E-state index contributed by atoms with van der Waals surface area (Å²) >= 11 is 0. The van der Waals surface area contributed by atoms with Crippen LogP contribution in [0.1, 0.15) is 77.2 Å². The van der Waals surface area contributed by atoms with Crippen molar-refractivity contribution in [3.63, 3.8) is 0 Å². The van der Waals surface area contributed by atoms with E-state index < -0.39 is 0 Å². The molecule has 0 aromatic heterocycles. The number of phenols is 1. The normalized spacial score (nSPS) is 21.0. The maximum atomic E-state index is 10.2. The lowest BCUT2D eigenvalue weighted by atomic mass is 9.86. The van der Waals surface area contributed by atoms with Gasteiger partial charge in [0.15, 0.2) is 23.8 Å². The predicted octanol–water partition coefficient (Wildman–Crippen LogP) is 7.14. The van der Waals surface area contributed by atoms with Crippen LogP contribution in [0.15, 0.2) is 46.7 Å². The standard InChI is InChI=1S/C29H39NO3/c1-3-4-9-26-13-14-27(33-26)12-10-22-11-15-28(31)29(18-22)32-17-16-25-19-24(20-30-25)21(2)23-7-5-6-8-23/h11,13-15,18-21,23,26,31H,3-10,12,16-17H2,1-2H3. The van der Waals surface area contributed by atoms with Gasteiger partial charge in [-0.15, -0.1) is 4.99 Å². The topological polar surface area (TPSA) is 51.0 Å². The van der Waals surface area contributed by atoms with Gasteiger partial charge >= 0.3 is 0 Å². The second kappa shape index (κ2) is 11.6. The van der Waals surface area contributed by atoms with Gasteiger partial charge < -0.3 is 14.6 Å². The summed E-state index contributed by atoms with van der Waals surface area (Å²) in [7, 11) is 0. The summed E-state index contributed by atoms with van der Waals surface area (Å²) in [6, 6.07) is 6.72. The van der Waals surface area contributed by atoms with Gasteiger partial charge in [-0.05, 0) is 56.2 Å². The summed E-state index contributed by atoms with van der Waals surface area (Å²) in [4.78, 5) is 4.61. The zero-order valence-corrected chi connectivity index (χ0v) is 20.3. The van der Waals surface area contributed by atoms with Crippen LogP contribution in [-0.2, 0) is 11.2 Å². The minimum absolute atomic E-state index is 0.189. The smallest absolute Gasteiger partial charge is 0.176 e. The predicted molar refractivity (Wildman–Crippen MR) is 134 cm³/mol. The summed E-state index contributed by atoms with van der Waals surface area (Å²) in [6.45, 7) is 5.06. The Bertz CT molecular complexity index is 866. The van der Waals surface area contributed by atoms with Crippen molar-refractivity contribution in [2.24, 2.45) is 16.8 Å². The molecule has 4 nitrogen and oxygen atoms in total. The number of phenolic OH excluding ortho intramolecular Hbond substituents is 1.